The van der Waals surface area contributed by atoms with Gasteiger partial charge >= 0.3 is 0 Å². The van der Waals surface area contributed by atoms with E-state index in [0.717, 1.165) is 5.92 Å². The summed E-state index contributed by atoms with van der Waals surface area (Å²) in [6.45, 7) is 4.75. The number of rotatable bonds is 1. The molecule has 2 fully saturated rings. The predicted octanol–water partition coefficient (Wildman–Crippen LogP) is 3.08. The smallest absolute Gasteiger partial charge is 0.0234 e. The van der Waals surface area contributed by atoms with Crippen molar-refractivity contribution in [2.75, 3.05) is 0 Å². The molecule has 2 aliphatic carbocycles. The van der Waals surface area contributed by atoms with Crippen molar-refractivity contribution in [1.82, 2.24) is 0 Å². The lowest BCUT2D eigenvalue weighted by molar-refractivity contribution is 0.132. The van der Waals surface area contributed by atoms with Gasteiger partial charge < -0.3 is 5.73 Å². The molecule has 0 aromatic rings. The maximum absolute atomic E-state index is 6.64. The van der Waals surface area contributed by atoms with Crippen LogP contribution in [0.3, 0.4) is 0 Å². The molecule has 0 aliphatic heterocycles. The van der Waals surface area contributed by atoms with Crippen LogP contribution in [0.2, 0.25) is 0 Å². The molecule has 0 heterocycles. The van der Waals surface area contributed by atoms with E-state index in [0.29, 0.717) is 5.41 Å². The molecule has 76 valence electrons. The van der Waals surface area contributed by atoms with Crippen LogP contribution < -0.4 is 5.73 Å². The first kappa shape index (κ1) is 9.51. The van der Waals surface area contributed by atoms with Crippen LogP contribution in [0.15, 0.2) is 0 Å². The fourth-order valence-electron chi connectivity index (χ4n) is 3.59. The molecule has 2 N–H and O–H groups in total. The lowest BCUT2D eigenvalue weighted by Gasteiger charge is -2.43. The summed E-state index contributed by atoms with van der Waals surface area (Å²) in [5.41, 5.74) is 7.20. The van der Waals surface area contributed by atoms with E-state index in [-0.39, 0.29) is 5.54 Å². The lowest BCUT2D eigenvalue weighted by Crippen LogP contribution is -2.53. The van der Waals surface area contributed by atoms with Crippen LogP contribution in [0.4, 0.5) is 0 Å². The minimum Gasteiger partial charge on any atom is -0.324 e. The average Bonchev–Trinajstić information content (AvgIpc) is 2.61. The van der Waals surface area contributed by atoms with E-state index >= 15 is 0 Å². The zero-order valence-electron chi connectivity index (χ0n) is 9.10. The van der Waals surface area contributed by atoms with Crippen LogP contribution in [0.1, 0.15) is 58.8 Å². The quantitative estimate of drug-likeness (QED) is 0.661. The number of hydrogen-bond acceptors (Lipinski definition) is 1. The third-order valence-electron chi connectivity index (χ3n) is 4.74. The molecule has 1 nitrogen and oxygen atoms in total. The van der Waals surface area contributed by atoms with Gasteiger partial charge in [-0.05, 0) is 37.0 Å². The highest BCUT2D eigenvalue weighted by atomic mass is 14.8. The van der Waals surface area contributed by atoms with E-state index in [2.05, 4.69) is 13.8 Å². The Hall–Kier alpha value is -0.0400. The van der Waals surface area contributed by atoms with Crippen molar-refractivity contribution < 1.29 is 0 Å². The largest absolute Gasteiger partial charge is 0.324 e. The van der Waals surface area contributed by atoms with Gasteiger partial charge in [0.05, 0.1) is 0 Å². The van der Waals surface area contributed by atoms with Gasteiger partial charge in [0, 0.05) is 5.54 Å². The highest BCUT2D eigenvalue weighted by Gasteiger charge is 2.50. The first-order valence-corrected chi connectivity index (χ1v) is 5.85. The standard InChI is InChI=1S/C12H23N/c1-11(2)8-5-9-12(11,13)10-6-3-4-7-10/h10H,3-9,13H2,1-2H3. The molecule has 1 unspecified atom stereocenters. The summed E-state index contributed by atoms with van der Waals surface area (Å²) >= 11 is 0. The van der Waals surface area contributed by atoms with Crippen LogP contribution in [0, 0.1) is 11.3 Å². The first-order chi connectivity index (χ1) is 6.06. The third kappa shape index (κ3) is 1.32. The van der Waals surface area contributed by atoms with Gasteiger partial charge in [-0.3, -0.25) is 0 Å². The second kappa shape index (κ2) is 2.98. The van der Waals surface area contributed by atoms with Crippen LogP contribution >= 0.6 is 0 Å². The first-order valence-electron chi connectivity index (χ1n) is 5.85. The van der Waals surface area contributed by atoms with Gasteiger partial charge in [-0.25, -0.2) is 0 Å². The van der Waals surface area contributed by atoms with E-state index in [1.807, 2.05) is 0 Å². The summed E-state index contributed by atoms with van der Waals surface area (Å²) in [4.78, 5) is 0. The molecule has 0 bridgehead atoms. The predicted molar refractivity (Wildman–Crippen MR) is 56.5 cm³/mol. The summed E-state index contributed by atoms with van der Waals surface area (Å²) in [5, 5.41) is 0. The zero-order valence-corrected chi connectivity index (χ0v) is 9.10. The Kier molecular flexibility index (Phi) is 2.18. The summed E-state index contributed by atoms with van der Waals surface area (Å²) in [6, 6.07) is 0. The Morgan fingerprint density at radius 1 is 1.00 bits per heavy atom. The molecule has 0 spiro atoms. The third-order valence-corrected chi connectivity index (χ3v) is 4.74. The average molecular weight is 181 g/mol. The van der Waals surface area contributed by atoms with Gasteiger partial charge in [-0.1, -0.05) is 33.1 Å². The maximum Gasteiger partial charge on any atom is 0.0234 e. The highest BCUT2D eigenvalue weighted by molar-refractivity contribution is 5.07. The monoisotopic (exact) mass is 181 g/mol. The van der Waals surface area contributed by atoms with Gasteiger partial charge in [0.15, 0.2) is 0 Å². The lowest BCUT2D eigenvalue weighted by atomic mass is 9.67. The molecule has 0 aromatic heterocycles. The normalized spacial score (nSPS) is 39.9. The maximum atomic E-state index is 6.64. The van der Waals surface area contributed by atoms with Crippen LogP contribution in [0.5, 0.6) is 0 Å². The van der Waals surface area contributed by atoms with Gasteiger partial charge in [-0.2, -0.15) is 0 Å². The van der Waals surface area contributed by atoms with Gasteiger partial charge in [0.2, 0.25) is 0 Å². The molecular weight excluding hydrogens is 158 g/mol. The van der Waals surface area contributed by atoms with Crippen molar-refractivity contribution in [3.63, 3.8) is 0 Å². The number of hydrogen-bond donors (Lipinski definition) is 1. The second-order valence-electron chi connectivity index (χ2n) is 5.76. The van der Waals surface area contributed by atoms with Crippen LogP contribution in [-0.2, 0) is 0 Å². The van der Waals surface area contributed by atoms with Crippen molar-refractivity contribution in [3.8, 4) is 0 Å². The summed E-state index contributed by atoms with van der Waals surface area (Å²) in [7, 11) is 0. The minimum atomic E-state index is 0.170. The molecule has 2 rings (SSSR count). The van der Waals surface area contributed by atoms with Crippen LogP contribution in [0.25, 0.3) is 0 Å². The van der Waals surface area contributed by atoms with Crippen molar-refractivity contribution >= 4 is 0 Å². The van der Waals surface area contributed by atoms with E-state index in [4.69, 9.17) is 5.73 Å². The van der Waals surface area contributed by atoms with Gasteiger partial charge in [0.1, 0.15) is 0 Å². The SMILES string of the molecule is CC1(C)CCCC1(N)C1CCCC1. The summed E-state index contributed by atoms with van der Waals surface area (Å²) < 4.78 is 0. The van der Waals surface area contributed by atoms with Crippen molar-refractivity contribution in [2.24, 2.45) is 17.1 Å². The van der Waals surface area contributed by atoms with E-state index in [9.17, 15) is 0 Å². The van der Waals surface area contributed by atoms with E-state index in [1.54, 1.807) is 0 Å². The molecule has 2 saturated carbocycles. The molecule has 13 heavy (non-hydrogen) atoms. The van der Waals surface area contributed by atoms with Gasteiger partial charge in [0.25, 0.3) is 0 Å². The highest BCUT2D eigenvalue weighted by Crippen LogP contribution is 2.52. The topological polar surface area (TPSA) is 26.0 Å². The molecule has 0 amide bonds. The fraction of sp³-hybridized carbons (Fsp3) is 1.00. The summed E-state index contributed by atoms with van der Waals surface area (Å²) in [6.07, 6.45) is 9.56. The number of nitrogens with two attached hydrogens (primary N) is 1. The molecule has 0 radical (unpaired) electrons. The van der Waals surface area contributed by atoms with Crippen molar-refractivity contribution in [2.45, 2.75) is 64.3 Å². The van der Waals surface area contributed by atoms with Gasteiger partial charge in [-0.15, -0.1) is 0 Å². The van der Waals surface area contributed by atoms with E-state index < -0.39 is 0 Å². The molecule has 0 saturated heterocycles. The molecule has 2 aliphatic rings. The Labute approximate surface area is 82.1 Å². The van der Waals surface area contributed by atoms with Crippen LogP contribution in [-0.4, -0.2) is 5.54 Å². The van der Waals surface area contributed by atoms with Crippen molar-refractivity contribution in [1.29, 1.82) is 0 Å². The zero-order chi connectivity index (χ0) is 9.53. The van der Waals surface area contributed by atoms with Crippen molar-refractivity contribution in [3.05, 3.63) is 0 Å². The molecule has 1 atom stereocenters. The van der Waals surface area contributed by atoms with E-state index in [1.165, 1.54) is 44.9 Å². The summed E-state index contributed by atoms with van der Waals surface area (Å²) in [5.74, 6) is 0.824. The minimum absolute atomic E-state index is 0.170. The Morgan fingerprint density at radius 2 is 1.62 bits per heavy atom. The molecule has 1 heteroatoms. The Bertz CT molecular complexity index is 191. The second-order valence-corrected chi connectivity index (χ2v) is 5.76. The molecular formula is C12H23N. The fourth-order valence-corrected chi connectivity index (χ4v) is 3.59. The Morgan fingerprint density at radius 3 is 2.08 bits per heavy atom. The Balaban J connectivity index is 2.17. The molecule has 0 aromatic carbocycles.